The smallest absolute Gasteiger partial charge is 0.351 e. The van der Waals surface area contributed by atoms with Crippen molar-refractivity contribution in [1.29, 1.82) is 0 Å². The van der Waals surface area contributed by atoms with Gasteiger partial charge in [-0.1, -0.05) is 72.8 Å². The van der Waals surface area contributed by atoms with E-state index in [2.05, 4.69) is 10.3 Å². The van der Waals surface area contributed by atoms with Crippen molar-refractivity contribution in [3.05, 3.63) is 166 Å². The van der Waals surface area contributed by atoms with E-state index in [9.17, 15) is 24.0 Å². The molecule has 1 saturated heterocycles. The predicted molar refractivity (Wildman–Crippen MR) is 175 cm³/mol. The first-order chi connectivity index (χ1) is 23.9. The second-order valence-corrected chi connectivity index (χ2v) is 10.8. The molecule has 5 aromatic rings. The number of benzene rings is 4. The van der Waals surface area contributed by atoms with Gasteiger partial charge in [-0.15, -0.1) is 0 Å². The average molecular weight is 661 g/mol. The Hall–Kier alpha value is -6.40. The maximum Gasteiger partial charge on any atom is 0.351 e. The van der Waals surface area contributed by atoms with Crippen LogP contribution in [-0.2, 0) is 18.9 Å². The highest BCUT2D eigenvalue weighted by Gasteiger charge is 2.51. The lowest BCUT2D eigenvalue weighted by atomic mass is 10.1. The van der Waals surface area contributed by atoms with Crippen LogP contribution in [0.2, 0.25) is 0 Å². The lowest BCUT2D eigenvalue weighted by Crippen LogP contribution is -2.42. The number of rotatable bonds is 10. The molecule has 0 bridgehead atoms. The minimum atomic E-state index is -1.41. The first kappa shape index (κ1) is 32.5. The molecule has 1 N–H and O–H groups in total. The summed E-state index contributed by atoms with van der Waals surface area (Å²) in [5, 5.41) is 2.58. The summed E-state index contributed by atoms with van der Waals surface area (Å²) in [5.41, 5.74) is 0.160. The molecule has 1 amide bonds. The van der Waals surface area contributed by atoms with Gasteiger partial charge >= 0.3 is 23.6 Å². The highest BCUT2D eigenvalue weighted by Crippen LogP contribution is 2.35. The maximum atomic E-state index is 13.4. The van der Waals surface area contributed by atoms with Crippen molar-refractivity contribution in [2.24, 2.45) is 0 Å². The van der Waals surface area contributed by atoms with Gasteiger partial charge in [-0.2, -0.15) is 4.98 Å². The number of ether oxygens (including phenoxy) is 4. The first-order valence-electron chi connectivity index (χ1n) is 15.2. The van der Waals surface area contributed by atoms with E-state index in [0.29, 0.717) is 5.56 Å². The van der Waals surface area contributed by atoms with Crippen LogP contribution in [0.25, 0.3) is 0 Å². The number of hydrogen-bond acceptors (Lipinski definition) is 10. The van der Waals surface area contributed by atoms with Crippen LogP contribution in [0.1, 0.15) is 47.7 Å². The lowest BCUT2D eigenvalue weighted by molar-refractivity contribution is -0.0639. The summed E-state index contributed by atoms with van der Waals surface area (Å²) in [6.45, 7) is -0.427. The molecule has 1 aromatic heterocycles. The van der Waals surface area contributed by atoms with Gasteiger partial charge < -0.3 is 24.3 Å². The van der Waals surface area contributed by atoms with Gasteiger partial charge in [0.1, 0.15) is 18.5 Å². The Labute approximate surface area is 279 Å². The molecule has 6 rings (SSSR count). The summed E-state index contributed by atoms with van der Waals surface area (Å²) in [6.07, 6.45) is -4.04. The number of aromatic nitrogens is 2. The number of nitrogens with one attached hydrogen (secondary N) is 1. The third-order valence-electron chi connectivity index (χ3n) is 7.56. The quantitative estimate of drug-likeness (QED) is 0.127. The van der Waals surface area contributed by atoms with E-state index < -0.39 is 60.7 Å². The van der Waals surface area contributed by atoms with Crippen LogP contribution < -0.4 is 11.0 Å². The van der Waals surface area contributed by atoms with Crippen molar-refractivity contribution >= 4 is 29.6 Å². The summed E-state index contributed by atoms with van der Waals surface area (Å²) in [4.78, 5) is 69.7. The third-order valence-corrected chi connectivity index (χ3v) is 7.56. The fourth-order valence-electron chi connectivity index (χ4n) is 5.14. The Kier molecular flexibility index (Phi) is 9.96. The fourth-order valence-corrected chi connectivity index (χ4v) is 5.14. The van der Waals surface area contributed by atoms with Crippen molar-refractivity contribution in [3.63, 3.8) is 0 Å². The SMILES string of the molecule is O=C(Nc1ccn([C@@H]2O[C@H]([13CH2]OC(=O)c3ccccc3)[C@@H](OC(=O)c3ccccc3)[C@H]2OC(=O)c2ccccc2)c(=O)n1)c1ccccc1. The van der Waals surface area contributed by atoms with E-state index in [4.69, 9.17) is 18.9 Å². The van der Waals surface area contributed by atoms with Crippen molar-refractivity contribution in [1.82, 2.24) is 9.55 Å². The summed E-state index contributed by atoms with van der Waals surface area (Å²) >= 11 is 0. The molecule has 1 aliphatic heterocycles. The van der Waals surface area contributed by atoms with Gasteiger partial charge in [-0.05, 0) is 54.6 Å². The minimum absolute atomic E-state index is 0.0358. The van der Waals surface area contributed by atoms with Gasteiger partial charge in [0, 0.05) is 11.8 Å². The highest BCUT2D eigenvalue weighted by molar-refractivity contribution is 6.03. The van der Waals surface area contributed by atoms with Crippen LogP contribution in [0.15, 0.2) is 138 Å². The largest absolute Gasteiger partial charge is 0.459 e. The molecule has 246 valence electrons. The number of carbonyl (C=O) groups excluding carboxylic acids is 4. The second kappa shape index (κ2) is 15.0. The molecule has 4 atom stereocenters. The molecule has 0 unspecified atom stereocenters. The van der Waals surface area contributed by atoms with Crippen LogP contribution >= 0.6 is 0 Å². The summed E-state index contributed by atoms with van der Waals surface area (Å²) in [7, 11) is 0. The van der Waals surface area contributed by atoms with E-state index in [1.807, 2.05) is 0 Å². The lowest BCUT2D eigenvalue weighted by Gasteiger charge is -2.25. The normalized spacial score (nSPS) is 18.2. The molecule has 12 heteroatoms. The number of nitrogens with zero attached hydrogens (tertiary/aromatic N) is 2. The Balaban J connectivity index is 1.33. The van der Waals surface area contributed by atoms with Gasteiger partial charge in [0.15, 0.2) is 18.4 Å². The molecule has 0 radical (unpaired) electrons. The predicted octanol–water partition coefficient (Wildman–Crippen LogP) is 4.70. The van der Waals surface area contributed by atoms with Gasteiger partial charge in [0.25, 0.3) is 5.91 Å². The average Bonchev–Trinajstić information content (AvgIpc) is 3.47. The molecule has 0 spiro atoms. The highest BCUT2D eigenvalue weighted by atomic mass is 16.7. The molecular weight excluding hydrogens is 631 g/mol. The van der Waals surface area contributed by atoms with Gasteiger partial charge in [0.05, 0.1) is 16.7 Å². The van der Waals surface area contributed by atoms with Gasteiger partial charge in [-0.3, -0.25) is 9.36 Å². The van der Waals surface area contributed by atoms with Crippen LogP contribution in [0, 0.1) is 0 Å². The monoisotopic (exact) mass is 660 g/mol. The van der Waals surface area contributed by atoms with Gasteiger partial charge in [0.2, 0.25) is 0 Å². The van der Waals surface area contributed by atoms with Crippen LogP contribution in [0.5, 0.6) is 0 Å². The molecule has 1 fully saturated rings. The Bertz CT molecular complexity index is 1990. The molecule has 1 aliphatic rings. The number of amides is 1. The van der Waals surface area contributed by atoms with Crippen molar-refractivity contribution < 1.29 is 38.1 Å². The van der Waals surface area contributed by atoms with Gasteiger partial charge in [-0.25, -0.2) is 19.2 Å². The molecular formula is C37H29N3O9. The van der Waals surface area contributed by atoms with Crippen molar-refractivity contribution in [3.8, 4) is 0 Å². The Morgan fingerprint density at radius 3 is 1.61 bits per heavy atom. The zero-order valence-electron chi connectivity index (χ0n) is 25.8. The van der Waals surface area contributed by atoms with Crippen LogP contribution in [0.4, 0.5) is 5.82 Å². The number of anilines is 1. The van der Waals surface area contributed by atoms with Crippen molar-refractivity contribution in [2.75, 3.05) is 11.9 Å². The molecule has 2 heterocycles. The van der Waals surface area contributed by atoms with E-state index in [1.54, 1.807) is 109 Å². The number of esters is 3. The standard InChI is InChI=1S/C37H29N3O9/c41-32(24-13-5-1-6-14-24)38-29-21-22-40(37(45)39-29)33-31(49-36(44)27-19-11-4-12-20-27)30(48-35(43)26-17-9-3-10-18-26)28(47-33)23-46-34(42)25-15-7-2-8-16-25/h1-22,28,30-31,33H,23H2,(H,38,39,41,45)/t28-,30-,31-,33-/m1/s1/i23+1. The molecule has 0 saturated carbocycles. The van der Waals surface area contributed by atoms with E-state index in [1.165, 1.54) is 24.4 Å². The maximum absolute atomic E-state index is 13.4. The molecule has 49 heavy (non-hydrogen) atoms. The first-order valence-corrected chi connectivity index (χ1v) is 15.2. The molecule has 0 aliphatic carbocycles. The zero-order valence-corrected chi connectivity index (χ0v) is 25.8. The van der Waals surface area contributed by atoms with Crippen LogP contribution in [0.3, 0.4) is 0 Å². The Morgan fingerprint density at radius 2 is 1.10 bits per heavy atom. The van der Waals surface area contributed by atoms with E-state index in [-0.39, 0.29) is 22.5 Å². The van der Waals surface area contributed by atoms with E-state index in [0.717, 1.165) is 4.57 Å². The topological polar surface area (TPSA) is 152 Å². The summed E-state index contributed by atoms with van der Waals surface area (Å²) in [6, 6.07) is 34.2. The number of carbonyl (C=O) groups is 4. The van der Waals surface area contributed by atoms with Crippen molar-refractivity contribution in [2.45, 2.75) is 24.5 Å². The summed E-state index contributed by atoms with van der Waals surface area (Å²) < 4.78 is 24.6. The third kappa shape index (κ3) is 7.77. The minimum Gasteiger partial charge on any atom is -0.459 e. The van der Waals surface area contributed by atoms with E-state index >= 15 is 0 Å². The second-order valence-electron chi connectivity index (χ2n) is 10.8. The molecule has 4 aromatic carbocycles. The molecule has 12 nitrogen and oxygen atoms in total. The summed E-state index contributed by atoms with van der Waals surface area (Å²) in [5.74, 6) is -2.73. The Morgan fingerprint density at radius 1 is 0.633 bits per heavy atom. The zero-order chi connectivity index (χ0) is 34.2. The number of hydrogen-bond donors (Lipinski definition) is 1. The van der Waals surface area contributed by atoms with Crippen LogP contribution in [-0.4, -0.2) is 58.3 Å². The fraction of sp³-hybridized carbons (Fsp3) is 0.135.